The van der Waals surface area contributed by atoms with Crippen LogP contribution in [0.25, 0.3) is 0 Å². The van der Waals surface area contributed by atoms with E-state index in [9.17, 15) is 13.2 Å². The van der Waals surface area contributed by atoms with Crippen LogP contribution in [0.4, 0.5) is 0 Å². The molecule has 106 valence electrons. The average Bonchev–Trinajstić information content (AvgIpc) is 2.36. The van der Waals surface area contributed by atoms with E-state index < -0.39 is 15.9 Å². The lowest BCUT2D eigenvalue weighted by molar-refractivity contribution is -0.121. The van der Waals surface area contributed by atoms with E-state index in [1.54, 1.807) is 12.1 Å². The highest BCUT2D eigenvalue weighted by molar-refractivity contribution is 7.89. The van der Waals surface area contributed by atoms with E-state index >= 15 is 0 Å². The summed E-state index contributed by atoms with van der Waals surface area (Å²) < 4.78 is 25.3. The van der Waals surface area contributed by atoms with Gasteiger partial charge in [0.05, 0.1) is 18.0 Å². The summed E-state index contributed by atoms with van der Waals surface area (Å²) in [6, 6.07) is 6.42. The predicted octanol–water partition coefficient (Wildman–Crippen LogP) is -0.276. The van der Waals surface area contributed by atoms with E-state index in [2.05, 4.69) is 5.32 Å². The standard InChI is InChI=1S/C12H18N2O4S/c1-10-3-5-11(6-4-10)19(17,18)14(2)9-12(16)13-7-8-15/h3-6,15H,7-9H2,1-2H3,(H,13,16). The van der Waals surface area contributed by atoms with Crippen LogP contribution in [0.15, 0.2) is 29.2 Å². The number of nitrogens with one attached hydrogen (secondary N) is 1. The van der Waals surface area contributed by atoms with Gasteiger partial charge in [-0.3, -0.25) is 4.79 Å². The normalized spacial score (nSPS) is 11.6. The van der Waals surface area contributed by atoms with Crippen molar-refractivity contribution in [3.63, 3.8) is 0 Å². The van der Waals surface area contributed by atoms with Gasteiger partial charge >= 0.3 is 0 Å². The molecule has 0 bridgehead atoms. The summed E-state index contributed by atoms with van der Waals surface area (Å²) >= 11 is 0. The molecule has 0 aliphatic heterocycles. The number of carbonyl (C=O) groups excluding carboxylic acids is 1. The zero-order chi connectivity index (χ0) is 14.5. The summed E-state index contributed by atoms with van der Waals surface area (Å²) in [6.07, 6.45) is 0. The molecule has 0 aliphatic rings. The fraction of sp³-hybridized carbons (Fsp3) is 0.417. The molecule has 0 unspecified atom stereocenters. The van der Waals surface area contributed by atoms with E-state index in [-0.39, 0.29) is 24.6 Å². The zero-order valence-electron chi connectivity index (χ0n) is 11.0. The Balaban J connectivity index is 2.77. The molecule has 1 rings (SSSR count). The number of aryl methyl sites for hydroxylation is 1. The monoisotopic (exact) mass is 286 g/mol. The number of hydrogen-bond donors (Lipinski definition) is 2. The van der Waals surface area contributed by atoms with E-state index in [4.69, 9.17) is 5.11 Å². The van der Waals surface area contributed by atoms with Crippen molar-refractivity contribution in [2.45, 2.75) is 11.8 Å². The van der Waals surface area contributed by atoms with Crippen LogP contribution in [0.3, 0.4) is 0 Å². The first-order chi connectivity index (χ1) is 8.87. The summed E-state index contributed by atoms with van der Waals surface area (Å²) in [7, 11) is -2.32. The number of nitrogens with zero attached hydrogens (tertiary/aromatic N) is 1. The van der Waals surface area contributed by atoms with Gasteiger partial charge in [0.2, 0.25) is 15.9 Å². The number of aliphatic hydroxyl groups is 1. The summed E-state index contributed by atoms with van der Waals surface area (Å²) in [5.74, 6) is -0.452. The van der Waals surface area contributed by atoms with Crippen LogP contribution >= 0.6 is 0 Å². The van der Waals surface area contributed by atoms with Gasteiger partial charge in [0.25, 0.3) is 0 Å². The lowest BCUT2D eigenvalue weighted by atomic mass is 10.2. The molecule has 0 fully saturated rings. The second-order valence-electron chi connectivity index (χ2n) is 4.15. The van der Waals surface area contributed by atoms with Crippen molar-refractivity contribution in [1.82, 2.24) is 9.62 Å². The quantitative estimate of drug-likeness (QED) is 0.753. The maximum absolute atomic E-state index is 12.1. The number of hydrogen-bond acceptors (Lipinski definition) is 4. The molecule has 7 heteroatoms. The first-order valence-electron chi connectivity index (χ1n) is 5.78. The van der Waals surface area contributed by atoms with Crippen molar-refractivity contribution in [2.24, 2.45) is 0 Å². The van der Waals surface area contributed by atoms with Gasteiger partial charge in [-0.25, -0.2) is 8.42 Å². The van der Waals surface area contributed by atoms with Crippen LogP contribution in [0.2, 0.25) is 0 Å². The molecule has 0 heterocycles. The molecule has 1 aromatic rings. The van der Waals surface area contributed by atoms with Crippen LogP contribution in [0, 0.1) is 6.92 Å². The van der Waals surface area contributed by atoms with Gasteiger partial charge < -0.3 is 10.4 Å². The first-order valence-corrected chi connectivity index (χ1v) is 7.22. The van der Waals surface area contributed by atoms with Crippen LogP contribution in [-0.4, -0.2) is 50.5 Å². The van der Waals surface area contributed by atoms with Crippen LogP contribution in [0.5, 0.6) is 0 Å². The zero-order valence-corrected chi connectivity index (χ0v) is 11.8. The van der Waals surface area contributed by atoms with E-state index in [0.29, 0.717) is 0 Å². The smallest absolute Gasteiger partial charge is 0.243 e. The summed E-state index contributed by atoms with van der Waals surface area (Å²) in [6.45, 7) is 1.51. The van der Waals surface area contributed by atoms with Crippen LogP contribution in [0.1, 0.15) is 5.56 Å². The highest BCUT2D eigenvalue weighted by Crippen LogP contribution is 2.14. The average molecular weight is 286 g/mol. The number of rotatable bonds is 6. The van der Waals surface area contributed by atoms with Crippen molar-refractivity contribution >= 4 is 15.9 Å². The number of benzene rings is 1. The van der Waals surface area contributed by atoms with Gasteiger partial charge in [0.15, 0.2) is 0 Å². The maximum Gasteiger partial charge on any atom is 0.243 e. The Morgan fingerprint density at radius 1 is 1.32 bits per heavy atom. The van der Waals surface area contributed by atoms with Gasteiger partial charge in [-0.1, -0.05) is 17.7 Å². The minimum absolute atomic E-state index is 0.108. The Morgan fingerprint density at radius 3 is 2.42 bits per heavy atom. The third-order valence-corrected chi connectivity index (χ3v) is 4.35. The molecule has 0 saturated heterocycles. The Bertz CT molecular complexity index is 525. The molecule has 19 heavy (non-hydrogen) atoms. The molecular weight excluding hydrogens is 268 g/mol. The van der Waals surface area contributed by atoms with Crippen LogP contribution in [-0.2, 0) is 14.8 Å². The lowest BCUT2D eigenvalue weighted by Crippen LogP contribution is -2.39. The van der Waals surface area contributed by atoms with E-state index in [1.807, 2.05) is 6.92 Å². The Kier molecular flexibility index (Phi) is 5.46. The second kappa shape index (κ2) is 6.65. The molecule has 0 spiro atoms. The van der Waals surface area contributed by atoms with Crippen LogP contribution < -0.4 is 5.32 Å². The first kappa shape index (κ1) is 15.6. The maximum atomic E-state index is 12.1. The highest BCUT2D eigenvalue weighted by atomic mass is 32.2. The Hall–Kier alpha value is -1.44. The molecule has 6 nitrogen and oxygen atoms in total. The van der Waals surface area contributed by atoms with Crippen molar-refractivity contribution in [3.05, 3.63) is 29.8 Å². The minimum atomic E-state index is -3.67. The SMILES string of the molecule is Cc1ccc(S(=O)(=O)N(C)CC(=O)NCCO)cc1. The third-order valence-electron chi connectivity index (χ3n) is 2.53. The molecule has 0 atom stereocenters. The molecule has 0 aromatic heterocycles. The van der Waals surface area contributed by atoms with Gasteiger partial charge in [0.1, 0.15) is 0 Å². The molecule has 2 N–H and O–H groups in total. The van der Waals surface area contributed by atoms with Gasteiger partial charge in [-0.05, 0) is 19.1 Å². The topological polar surface area (TPSA) is 86.7 Å². The van der Waals surface area contributed by atoms with Crippen molar-refractivity contribution in [2.75, 3.05) is 26.7 Å². The number of likely N-dealkylation sites (N-methyl/N-ethyl adjacent to an activating group) is 1. The predicted molar refractivity (Wildman–Crippen MR) is 71.1 cm³/mol. The second-order valence-corrected chi connectivity index (χ2v) is 6.19. The largest absolute Gasteiger partial charge is 0.395 e. The molecule has 0 radical (unpaired) electrons. The summed E-state index contributed by atoms with van der Waals surface area (Å²) in [5.41, 5.74) is 0.960. The molecule has 1 aromatic carbocycles. The molecular formula is C12H18N2O4S. The molecule has 0 aliphatic carbocycles. The minimum Gasteiger partial charge on any atom is -0.395 e. The van der Waals surface area contributed by atoms with Gasteiger partial charge in [-0.15, -0.1) is 0 Å². The fourth-order valence-corrected chi connectivity index (χ4v) is 2.56. The highest BCUT2D eigenvalue weighted by Gasteiger charge is 2.22. The molecule has 0 saturated carbocycles. The number of amides is 1. The summed E-state index contributed by atoms with van der Waals surface area (Å²) in [5, 5.41) is 11.0. The van der Waals surface area contributed by atoms with Crippen molar-refractivity contribution in [3.8, 4) is 0 Å². The third kappa shape index (κ3) is 4.30. The van der Waals surface area contributed by atoms with Crippen molar-refractivity contribution < 1.29 is 18.3 Å². The lowest BCUT2D eigenvalue weighted by Gasteiger charge is -2.16. The number of aliphatic hydroxyl groups excluding tert-OH is 1. The van der Waals surface area contributed by atoms with Gasteiger partial charge in [-0.2, -0.15) is 4.31 Å². The number of carbonyl (C=O) groups is 1. The fourth-order valence-electron chi connectivity index (χ4n) is 1.43. The Labute approximate surface area is 113 Å². The van der Waals surface area contributed by atoms with E-state index in [0.717, 1.165) is 9.87 Å². The number of sulfonamides is 1. The van der Waals surface area contributed by atoms with Gasteiger partial charge in [0, 0.05) is 13.6 Å². The van der Waals surface area contributed by atoms with Crippen molar-refractivity contribution in [1.29, 1.82) is 0 Å². The molecule has 1 amide bonds. The Morgan fingerprint density at radius 2 is 1.89 bits per heavy atom. The summed E-state index contributed by atoms with van der Waals surface area (Å²) in [4.78, 5) is 11.6. The van der Waals surface area contributed by atoms with E-state index in [1.165, 1.54) is 19.2 Å².